The largest absolute Gasteiger partial charge is 0.354 e. The second-order valence-corrected chi connectivity index (χ2v) is 5.85. The van der Waals surface area contributed by atoms with E-state index in [0.717, 1.165) is 31.6 Å². The zero-order chi connectivity index (χ0) is 15.9. The molecule has 0 spiro atoms. The topological polar surface area (TPSA) is 58.1 Å². The molecule has 0 radical (unpaired) electrons. The van der Waals surface area contributed by atoms with Crippen LogP contribution in [0.2, 0.25) is 0 Å². The molecule has 2 heterocycles. The highest BCUT2D eigenvalue weighted by Crippen LogP contribution is 2.20. The molecule has 2 aromatic rings. The van der Waals surface area contributed by atoms with E-state index in [1.54, 1.807) is 18.6 Å². The second-order valence-electron chi connectivity index (χ2n) is 5.85. The fourth-order valence-corrected chi connectivity index (χ4v) is 3.02. The molecule has 120 valence electrons. The van der Waals surface area contributed by atoms with E-state index in [0.29, 0.717) is 13.0 Å². The lowest BCUT2D eigenvalue weighted by molar-refractivity contribution is -0.125. The number of carbonyl (C=O) groups excluding carboxylic acids is 1. The van der Waals surface area contributed by atoms with Crippen LogP contribution in [0, 0.1) is 0 Å². The number of benzene rings is 1. The zero-order valence-corrected chi connectivity index (χ0v) is 13.2. The van der Waals surface area contributed by atoms with Gasteiger partial charge in [0.15, 0.2) is 0 Å². The molecule has 1 aliphatic rings. The number of nitrogens with zero attached hydrogens (tertiary/aromatic N) is 3. The van der Waals surface area contributed by atoms with Crippen LogP contribution >= 0.6 is 0 Å². The van der Waals surface area contributed by atoms with Crippen LogP contribution in [0.5, 0.6) is 0 Å². The van der Waals surface area contributed by atoms with E-state index in [4.69, 9.17) is 0 Å². The van der Waals surface area contributed by atoms with Crippen LogP contribution in [0.4, 0.5) is 0 Å². The van der Waals surface area contributed by atoms with Gasteiger partial charge in [0.05, 0.1) is 11.7 Å². The molecule has 0 bridgehead atoms. The van der Waals surface area contributed by atoms with Crippen molar-refractivity contribution in [3.63, 3.8) is 0 Å². The van der Waals surface area contributed by atoms with Gasteiger partial charge in [-0.05, 0) is 24.9 Å². The van der Waals surface area contributed by atoms with Crippen molar-refractivity contribution < 1.29 is 4.79 Å². The number of hydrogen-bond donors (Lipinski definition) is 1. The summed E-state index contributed by atoms with van der Waals surface area (Å²) in [7, 11) is 0. The van der Waals surface area contributed by atoms with Crippen LogP contribution in [-0.2, 0) is 17.8 Å². The van der Waals surface area contributed by atoms with Crippen molar-refractivity contribution in [3.05, 3.63) is 60.2 Å². The van der Waals surface area contributed by atoms with Crippen LogP contribution in [0.15, 0.2) is 48.9 Å². The van der Waals surface area contributed by atoms with Gasteiger partial charge in [-0.15, -0.1) is 0 Å². The van der Waals surface area contributed by atoms with Crippen LogP contribution in [0.3, 0.4) is 0 Å². The molecule has 1 aromatic carbocycles. The summed E-state index contributed by atoms with van der Waals surface area (Å²) in [5.41, 5.74) is 2.16. The first-order valence-electron chi connectivity index (χ1n) is 8.13. The molecule has 1 aromatic heterocycles. The van der Waals surface area contributed by atoms with Crippen LogP contribution in [-0.4, -0.2) is 39.9 Å². The van der Waals surface area contributed by atoms with Gasteiger partial charge in [-0.25, -0.2) is 0 Å². The summed E-state index contributed by atoms with van der Waals surface area (Å²) in [5.74, 6) is 0.127. The van der Waals surface area contributed by atoms with Gasteiger partial charge in [-0.3, -0.25) is 19.7 Å². The van der Waals surface area contributed by atoms with Gasteiger partial charge >= 0.3 is 0 Å². The molecule has 1 unspecified atom stereocenters. The van der Waals surface area contributed by atoms with Crippen molar-refractivity contribution in [2.24, 2.45) is 0 Å². The minimum atomic E-state index is -0.0166. The van der Waals surface area contributed by atoms with E-state index >= 15 is 0 Å². The number of carbonyl (C=O) groups is 1. The third-order valence-electron chi connectivity index (χ3n) is 4.19. The first-order chi connectivity index (χ1) is 11.3. The fourth-order valence-electron chi connectivity index (χ4n) is 3.02. The van der Waals surface area contributed by atoms with Gasteiger partial charge in [-0.1, -0.05) is 30.3 Å². The first kappa shape index (κ1) is 15.6. The predicted octanol–water partition coefficient (Wildman–Crippen LogP) is 1.80. The van der Waals surface area contributed by atoms with E-state index in [2.05, 4.69) is 32.3 Å². The maximum absolute atomic E-state index is 12.4. The monoisotopic (exact) mass is 310 g/mol. The van der Waals surface area contributed by atoms with E-state index in [-0.39, 0.29) is 11.9 Å². The minimum absolute atomic E-state index is 0.0166. The minimum Gasteiger partial charge on any atom is -0.354 e. The zero-order valence-electron chi connectivity index (χ0n) is 13.2. The smallest absolute Gasteiger partial charge is 0.237 e. The molecule has 5 heteroatoms. The predicted molar refractivity (Wildman–Crippen MR) is 88.6 cm³/mol. The molecule has 3 rings (SSSR count). The molecule has 1 amide bonds. The molecule has 23 heavy (non-hydrogen) atoms. The molecule has 1 atom stereocenters. The maximum Gasteiger partial charge on any atom is 0.237 e. The van der Waals surface area contributed by atoms with Crippen molar-refractivity contribution in [1.82, 2.24) is 20.2 Å². The summed E-state index contributed by atoms with van der Waals surface area (Å²) in [6, 6.07) is 10.3. The Morgan fingerprint density at radius 3 is 2.91 bits per heavy atom. The van der Waals surface area contributed by atoms with E-state index in [1.165, 1.54) is 5.56 Å². The average Bonchev–Trinajstić information content (AvgIpc) is 3.05. The lowest BCUT2D eigenvalue weighted by Gasteiger charge is -2.23. The number of amides is 1. The van der Waals surface area contributed by atoms with Gasteiger partial charge in [0.25, 0.3) is 0 Å². The Kier molecular flexibility index (Phi) is 5.32. The van der Waals surface area contributed by atoms with Crippen molar-refractivity contribution >= 4 is 5.91 Å². The lowest BCUT2D eigenvalue weighted by Crippen LogP contribution is -2.43. The van der Waals surface area contributed by atoms with Crippen molar-refractivity contribution in [2.75, 3.05) is 13.1 Å². The van der Waals surface area contributed by atoms with Crippen molar-refractivity contribution in [2.45, 2.75) is 31.8 Å². The van der Waals surface area contributed by atoms with Gasteiger partial charge in [-0.2, -0.15) is 0 Å². The lowest BCUT2D eigenvalue weighted by atomic mass is 10.1. The number of hydrogen-bond acceptors (Lipinski definition) is 4. The summed E-state index contributed by atoms with van der Waals surface area (Å²) in [5, 5.41) is 3.04. The Labute approximate surface area is 136 Å². The molecule has 1 fully saturated rings. The first-order valence-corrected chi connectivity index (χ1v) is 8.13. The molecule has 0 saturated carbocycles. The molecule has 1 N–H and O–H groups in total. The number of aromatic nitrogens is 2. The molecule has 1 saturated heterocycles. The fraction of sp³-hybridized carbons (Fsp3) is 0.389. The van der Waals surface area contributed by atoms with Crippen LogP contribution in [0.1, 0.15) is 24.1 Å². The Bertz CT molecular complexity index is 617. The molecule has 0 aliphatic carbocycles. The Balaban J connectivity index is 1.50. The second kappa shape index (κ2) is 7.83. The third kappa shape index (κ3) is 4.36. The van der Waals surface area contributed by atoms with E-state index in [9.17, 15) is 4.79 Å². The summed E-state index contributed by atoms with van der Waals surface area (Å²) in [4.78, 5) is 23.0. The summed E-state index contributed by atoms with van der Waals surface area (Å²) >= 11 is 0. The highest BCUT2D eigenvalue weighted by Gasteiger charge is 2.30. The highest BCUT2D eigenvalue weighted by atomic mass is 16.2. The van der Waals surface area contributed by atoms with E-state index < -0.39 is 0 Å². The van der Waals surface area contributed by atoms with Gasteiger partial charge in [0.1, 0.15) is 0 Å². The highest BCUT2D eigenvalue weighted by molar-refractivity contribution is 5.82. The van der Waals surface area contributed by atoms with E-state index in [1.807, 2.05) is 18.2 Å². The maximum atomic E-state index is 12.4. The number of likely N-dealkylation sites (tertiary alicyclic amines) is 1. The van der Waals surface area contributed by atoms with Crippen LogP contribution < -0.4 is 5.32 Å². The Morgan fingerprint density at radius 1 is 1.26 bits per heavy atom. The van der Waals surface area contributed by atoms with Gasteiger partial charge in [0, 0.05) is 38.1 Å². The Morgan fingerprint density at radius 2 is 2.13 bits per heavy atom. The standard InChI is InChI=1S/C18H22N4O/c23-18(21-9-8-16-13-19-10-11-20-16)17-7-4-12-22(17)14-15-5-2-1-3-6-15/h1-3,5-6,10-11,13,17H,4,7-9,12,14H2,(H,21,23). The summed E-state index contributed by atoms with van der Waals surface area (Å²) in [6.45, 7) is 2.42. The van der Waals surface area contributed by atoms with Crippen molar-refractivity contribution in [1.29, 1.82) is 0 Å². The van der Waals surface area contributed by atoms with Gasteiger partial charge in [0.2, 0.25) is 5.91 Å². The molecular formula is C18H22N4O. The average molecular weight is 310 g/mol. The summed E-state index contributed by atoms with van der Waals surface area (Å²) < 4.78 is 0. The molecule has 5 nitrogen and oxygen atoms in total. The van der Waals surface area contributed by atoms with Crippen molar-refractivity contribution in [3.8, 4) is 0 Å². The Hall–Kier alpha value is -2.27. The quantitative estimate of drug-likeness (QED) is 0.884. The van der Waals surface area contributed by atoms with Crippen LogP contribution in [0.25, 0.3) is 0 Å². The normalized spacial score (nSPS) is 18.0. The van der Waals surface area contributed by atoms with Gasteiger partial charge < -0.3 is 5.32 Å². The number of nitrogens with one attached hydrogen (secondary N) is 1. The molecular weight excluding hydrogens is 288 g/mol. The molecule has 1 aliphatic heterocycles. The number of rotatable bonds is 6. The summed E-state index contributed by atoms with van der Waals surface area (Å²) in [6.07, 6.45) is 7.80. The third-order valence-corrected chi connectivity index (χ3v) is 4.19. The SMILES string of the molecule is O=C(NCCc1cnccn1)C1CCCN1Cc1ccccc1.